The van der Waals surface area contributed by atoms with Gasteiger partial charge in [-0.2, -0.15) is 0 Å². The molecule has 188 valence electrons. The van der Waals surface area contributed by atoms with Gasteiger partial charge in [0.1, 0.15) is 13.2 Å². The van der Waals surface area contributed by atoms with E-state index in [-0.39, 0.29) is 44.8 Å². The Morgan fingerprint density at radius 1 is 0.636 bits per heavy atom. The lowest BCUT2D eigenvalue weighted by Gasteiger charge is -2.13. The highest BCUT2D eigenvalue weighted by atomic mass is 16.5. The lowest BCUT2D eigenvalue weighted by molar-refractivity contribution is -0.137. The van der Waals surface area contributed by atoms with Crippen molar-refractivity contribution in [2.75, 3.05) is 92.4 Å². The number of carbonyl (C=O) groups excluding carboxylic acids is 2. The Balaban J connectivity index is 0. The molecule has 1 aliphatic heterocycles. The number of rotatable bonds is 17. The number of imide groups is 1. The number of hydrogen-bond donors (Lipinski definition) is 3. The summed E-state index contributed by atoms with van der Waals surface area (Å²) in [5, 5.41) is 24.4. The molecule has 0 radical (unpaired) electrons. The van der Waals surface area contributed by atoms with Gasteiger partial charge >= 0.3 is 0 Å². The lowest BCUT2D eigenvalue weighted by atomic mass is 10.5. The Labute approximate surface area is 195 Å². The van der Waals surface area contributed by atoms with E-state index in [0.29, 0.717) is 59.5 Å². The number of ether oxygens (including phenoxy) is 5. The van der Waals surface area contributed by atoms with Gasteiger partial charge in [-0.25, -0.2) is 0 Å². The molecule has 11 heteroatoms. The molecule has 0 fully saturated rings. The second-order valence-corrected chi connectivity index (χ2v) is 5.68. The summed E-state index contributed by atoms with van der Waals surface area (Å²) in [5.41, 5.74) is 0. The summed E-state index contributed by atoms with van der Waals surface area (Å²) in [7, 11) is 0. The number of hydrogen-bond acceptors (Lipinski definition) is 10. The van der Waals surface area contributed by atoms with Crippen molar-refractivity contribution in [3.63, 3.8) is 0 Å². The Kier molecular flexibility index (Phi) is 27.6. The number of nitrogens with zero attached hydrogens (tertiary/aromatic N) is 1. The van der Waals surface area contributed by atoms with E-state index >= 15 is 0 Å². The number of terminal acetylenes is 2. The molecule has 33 heavy (non-hydrogen) atoms. The lowest BCUT2D eigenvalue weighted by Crippen LogP contribution is -2.33. The SMILES string of the molecule is C#CCOCCOCCN1C(=O)C=CC1=O.C#CCOCCOCCO.OCCOCCO. The second-order valence-electron chi connectivity index (χ2n) is 5.68. The molecule has 0 atom stereocenters. The van der Waals surface area contributed by atoms with Crippen LogP contribution in [-0.2, 0) is 33.3 Å². The fraction of sp³-hybridized carbons (Fsp3) is 0.636. The molecule has 3 N–H and O–H groups in total. The van der Waals surface area contributed by atoms with Crippen LogP contribution in [0, 0.1) is 24.7 Å². The molecule has 0 bridgehead atoms. The Morgan fingerprint density at radius 2 is 1.00 bits per heavy atom. The Bertz CT molecular complexity index is 561. The molecule has 0 saturated carbocycles. The highest BCUT2D eigenvalue weighted by Gasteiger charge is 2.22. The van der Waals surface area contributed by atoms with Crippen LogP contribution in [0.15, 0.2) is 12.2 Å². The van der Waals surface area contributed by atoms with E-state index in [2.05, 4.69) is 16.6 Å². The molecule has 0 saturated heterocycles. The van der Waals surface area contributed by atoms with Crippen molar-refractivity contribution < 1.29 is 48.6 Å². The molecule has 0 unspecified atom stereocenters. The van der Waals surface area contributed by atoms with E-state index in [1.54, 1.807) is 0 Å². The fourth-order valence-electron chi connectivity index (χ4n) is 1.81. The summed E-state index contributed by atoms with van der Waals surface area (Å²) in [4.78, 5) is 23.3. The first-order chi connectivity index (χ1) is 16.1. The zero-order valence-electron chi connectivity index (χ0n) is 18.9. The van der Waals surface area contributed by atoms with Gasteiger partial charge in [0.15, 0.2) is 0 Å². The predicted molar refractivity (Wildman–Crippen MR) is 119 cm³/mol. The van der Waals surface area contributed by atoms with Gasteiger partial charge in [-0.15, -0.1) is 12.8 Å². The molecular formula is C22H35NO10. The van der Waals surface area contributed by atoms with Crippen molar-refractivity contribution >= 4 is 11.8 Å². The third-order valence-electron chi connectivity index (χ3n) is 3.18. The molecule has 0 aromatic rings. The molecule has 0 aliphatic carbocycles. The highest BCUT2D eigenvalue weighted by Crippen LogP contribution is 2.02. The molecule has 1 heterocycles. The van der Waals surface area contributed by atoms with Crippen LogP contribution in [0.3, 0.4) is 0 Å². The van der Waals surface area contributed by atoms with Gasteiger partial charge in [-0.1, -0.05) is 11.8 Å². The van der Waals surface area contributed by atoms with Crippen LogP contribution in [0.1, 0.15) is 0 Å². The van der Waals surface area contributed by atoms with Gasteiger partial charge in [0.05, 0.1) is 79.2 Å². The monoisotopic (exact) mass is 473 g/mol. The molecular weight excluding hydrogens is 438 g/mol. The number of aliphatic hydroxyl groups is 3. The van der Waals surface area contributed by atoms with Crippen molar-refractivity contribution in [2.24, 2.45) is 0 Å². The summed E-state index contributed by atoms with van der Waals surface area (Å²) in [5.74, 6) is 4.07. The maximum atomic E-state index is 11.1. The van der Waals surface area contributed by atoms with Gasteiger partial charge in [0, 0.05) is 12.2 Å². The quantitative estimate of drug-likeness (QED) is 0.126. The van der Waals surface area contributed by atoms with Gasteiger partial charge in [0.2, 0.25) is 0 Å². The van der Waals surface area contributed by atoms with Crippen LogP contribution in [0.2, 0.25) is 0 Å². The van der Waals surface area contributed by atoms with Gasteiger partial charge in [0.25, 0.3) is 11.8 Å². The van der Waals surface area contributed by atoms with Crippen LogP contribution in [0.25, 0.3) is 0 Å². The molecule has 1 aliphatic rings. The normalized spacial score (nSPS) is 11.8. The summed E-state index contributed by atoms with van der Waals surface area (Å²) in [6.07, 6.45) is 12.4. The summed E-state index contributed by atoms with van der Waals surface area (Å²) in [6, 6.07) is 0. The fourth-order valence-corrected chi connectivity index (χ4v) is 1.81. The van der Waals surface area contributed by atoms with Gasteiger partial charge in [-0.05, 0) is 0 Å². The summed E-state index contributed by atoms with van der Waals surface area (Å²) >= 11 is 0. The van der Waals surface area contributed by atoms with E-state index in [4.69, 9.17) is 47.1 Å². The topological polar surface area (TPSA) is 144 Å². The van der Waals surface area contributed by atoms with Crippen LogP contribution in [0.5, 0.6) is 0 Å². The maximum absolute atomic E-state index is 11.1. The van der Waals surface area contributed by atoms with E-state index in [1.165, 1.54) is 12.2 Å². The van der Waals surface area contributed by atoms with Crippen molar-refractivity contribution in [3.05, 3.63) is 12.2 Å². The average Bonchev–Trinajstić information content (AvgIpc) is 3.14. The van der Waals surface area contributed by atoms with Gasteiger partial charge < -0.3 is 39.0 Å². The standard InChI is InChI=1S/C11H13NO4.C7H12O3.C4H10O3/c1-2-6-15-8-9-16-7-5-12-10(13)3-4-11(12)14;1-2-4-9-6-7-10-5-3-8;5-1-3-7-4-2-6/h1,3-4H,5-9H2;1,8H,3-7H2;5-6H,1-4H2. The Morgan fingerprint density at radius 3 is 1.39 bits per heavy atom. The summed E-state index contributed by atoms with van der Waals surface area (Å²) < 4.78 is 24.6. The van der Waals surface area contributed by atoms with Crippen LogP contribution >= 0.6 is 0 Å². The van der Waals surface area contributed by atoms with E-state index in [1.807, 2.05) is 0 Å². The van der Waals surface area contributed by atoms with E-state index < -0.39 is 0 Å². The smallest absolute Gasteiger partial charge is 0.253 e. The maximum Gasteiger partial charge on any atom is 0.253 e. The van der Waals surface area contributed by atoms with Crippen molar-refractivity contribution in [1.82, 2.24) is 4.90 Å². The largest absolute Gasteiger partial charge is 0.394 e. The van der Waals surface area contributed by atoms with Crippen molar-refractivity contribution in [2.45, 2.75) is 0 Å². The minimum Gasteiger partial charge on any atom is -0.394 e. The average molecular weight is 474 g/mol. The molecule has 0 aromatic carbocycles. The van der Waals surface area contributed by atoms with E-state index in [9.17, 15) is 9.59 Å². The van der Waals surface area contributed by atoms with Gasteiger partial charge in [-0.3, -0.25) is 14.5 Å². The number of aliphatic hydroxyl groups excluding tert-OH is 3. The third kappa shape index (κ3) is 24.2. The predicted octanol–water partition coefficient (Wildman–Crippen LogP) is -1.79. The van der Waals surface area contributed by atoms with E-state index in [0.717, 1.165) is 4.90 Å². The van der Waals surface area contributed by atoms with Crippen molar-refractivity contribution in [3.8, 4) is 24.7 Å². The minimum atomic E-state index is -0.294. The zero-order valence-corrected chi connectivity index (χ0v) is 18.9. The molecule has 0 aromatic heterocycles. The molecule has 1 rings (SSSR count). The molecule has 11 nitrogen and oxygen atoms in total. The third-order valence-corrected chi connectivity index (χ3v) is 3.18. The first kappa shape index (κ1) is 32.9. The number of carbonyl (C=O) groups is 2. The van der Waals surface area contributed by atoms with Crippen LogP contribution in [0.4, 0.5) is 0 Å². The van der Waals surface area contributed by atoms with Crippen LogP contribution in [-0.4, -0.2) is 124 Å². The highest BCUT2D eigenvalue weighted by molar-refractivity contribution is 6.12. The van der Waals surface area contributed by atoms with Crippen molar-refractivity contribution in [1.29, 1.82) is 0 Å². The Hall–Kier alpha value is -2.32. The summed E-state index contributed by atoms with van der Waals surface area (Å²) in [6.45, 7) is 4.04. The molecule has 0 spiro atoms. The van der Waals surface area contributed by atoms with Crippen LogP contribution < -0.4 is 0 Å². The zero-order chi connectivity index (χ0) is 25.0. The molecule has 2 amide bonds. The number of amides is 2. The first-order valence-corrected chi connectivity index (χ1v) is 10.2. The minimum absolute atomic E-state index is 0.0278. The second kappa shape index (κ2) is 27.7. The first-order valence-electron chi connectivity index (χ1n) is 10.2.